The highest BCUT2D eigenvalue weighted by Crippen LogP contribution is 2.18. The molecule has 92 valence electrons. The van der Waals surface area contributed by atoms with Gasteiger partial charge in [-0.1, -0.05) is 11.6 Å². The van der Waals surface area contributed by atoms with Crippen molar-refractivity contribution < 1.29 is 9.18 Å². The molecule has 1 heterocycles. The van der Waals surface area contributed by atoms with Crippen LogP contribution < -0.4 is 5.73 Å². The van der Waals surface area contributed by atoms with Crippen LogP contribution in [0.25, 0.3) is 0 Å². The zero-order valence-corrected chi connectivity index (χ0v) is 10.1. The molecule has 0 amide bonds. The van der Waals surface area contributed by atoms with E-state index in [1.54, 1.807) is 12.1 Å². The second-order valence-corrected chi connectivity index (χ2v) is 4.21. The Balaban J connectivity index is 2.27. The van der Waals surface area contributed by atoms with Crippen molar-refractivity contribution in [2.75, 3.05) is 5.73 Å². The summed E-state index contributed by atoms with van der Waals surface area (Å²) in [5, 5.41) is 0.383. The first-order chi connectivity index (χ1) is 8.58. The van der Waals surface area contributed by atoms with Crippen molar-refractivity contribution in [1.29, 1.82) is 0 Å². The van der Waals surface area contributed by atoms with Crippen molar-refractivity contribution in [2.24, 2.45) is 0 Å². The molecule has 0 spiro atoms. The fourth-order valence-electron chi connectivity index (χ4n) is 1.59. The molecular weight excluding hydrogens is 255 g/mol. The van der Waals surface area contributed by atoms with E-state index < -0.39 is 5.82 Å². The number of aromatic nitrogens is 1. The number of carbonyl (C=O) groups is 1. The van der Waals surface area contributed by atoms with E-state index >= 15 is 0 Å². The summed E-state index contributed by atoms with van der Waals surface area (Å²) in [5.74, 6) is -0.809. The average molecular weight is 265 g/mol. The molecule has 2 rings (SSSR count). The molecule has 18 heavy (non-hydrogen) atoms. The Morgan fingerprint density at radius 2 is 2.17 bits per heavy atom. The Hall–Kier alpha value is -1.94. The number of nitrogens with zero attached hydrogens (tertiary/aromatic N) is 1. The van der Waals surface area contributed by atoms with Gasteiger partial charge < -0.3 is 5.73 Å². The van der Waals surface area contributed by atoms with Gasteiger partial charge in [0.25, 0.3) is 0 Å². The highest BCUT2D eigenvalue weighted by Gasteiger charge is 2.14. The van der Waals surface area contributed by atoms with Crippen molar-refractivity contribution in [3.8, 4) is 0 Å². The van der Waals surface area contributed by atoms with Gasteiger partial charge in [-0.3, -0.25) is 9.78 Å². The quantitative estimate of drug-likeness (QED) is 0.868. The van der Waals surface area contributed by atoms with Gasteiger partial charge in [0.05, 0.1) is 5.69 Å². The third-order valence-electron chi connectivity index (χ3n) is 2.46. The molecule has 3 nitrogen and oxygen atoms in total. The summed E-state index contributed by atoms with van der Waals surface area (Å²) in [6.45, 7) is 0. The van der Waals surface area contributed by atoms with Gasteiger partial charge in [0.1, 0.15) is 11.5 Å². The predicted octanol–water partition coefficient (Wildman–Crippen LogP) is 2.88. The van der Waals surface area contributed by atoms with Crippen LogP contribution in [0.1, 0.15) is 16.1 Å². The number of hydrogen-bond acceptors (Lipinski definition) is 3. The van der Waals surface area contributed by atoms with Crippen molar-refractivity contribution in [1.82, 2.24) is 4.98 Å². The number of benzene rings is 1. The Morgan fingerprint density at radius 3 is 2.89 bits per heavy atom. The standard InChI is InChI=1S/C13H10ClFN2O/c14-9-3-4-10(15)8(6-9)7-12(18)13-11(16)2-1-5-17-13/h1-6H,7,16H2. The van der Waals surface area contributed by atoms with Gasteiger partial charge >= 0.3 is 0 Å². The molecule has 2 aromatic rings. The second-order valence-electron chi connectivity index (χ2n) is 3.78. The first kappa shape index (κ1) is 12.5. The van der Waals surface area contributed by atoms with E-state index in [9.17, 15) is 9.18 Å². The highest BCUT2D eigenvalue weighted by atomic mass is 35.5. The molecule has 0 unspecified atom stereocenters. The summed E-state index contributed by atoms with van der Waals surface area (Å²) in [5.41, 5.74) is 6.31. The van der Waals surface area contributed by atoms with E-state index in [-0.39, 0.29) is 29.1 Å². The average Bonchev–Trinajstić information content (AvgIpc) is 2.34. The minimum Gasteiger partial charge on any atom is -0.397 e. The topological polar surface area (TPSA) is 56.0 Å². The molecule has 1 aromatic carbocycles. The predicted molar refractivity (Wildman–Crippen MR) is 68.1 cm³/mol. The number of halogens is 2. The maximum Gasteiger partial charge on any atom is 0.187 e. The summed E-state index contributed by atoms with van der Waals surface area (Å²) in [6, 6.07) is 7.29. The zero-order valence-electron chi connectivity index (χ0n) is 9.36. The van der Waals surface area contributed by atoms with Crippen LogP contribution in [0.15, 0.2) is 36.5 Å². The van der Waals surface area contributed by atoms with Gasteiger partial charge in [0.15, 0.2) is 5.78 Å². The molecular formula is C13H10ClFN2O. The molecule has 2 N–H and O–H groups in total. The van der Waals surface area contributed by atoms with Crippen LogP contribution in [0.4, 0.5) is 10.1 Å². The smallest absolute Gasteiger partial charge is 0.187 e. The molecule has 5 heteroatoms. The number of nitrogens with two attached hydrogens (primary N) is 1. The van der Waals surface area contributed by atoms with Crippen LogP contribution in [-0.2, 0) is 6.42 Å². The first-order valence-corrected chi connectivity index (χ1v) is 5.63. The monoisotopic (exact) mass is 264 g/mol. The molecule has 0 aliphatic heterocycles. The summed E-state index contributed by atoms with van der Waals surface area (Å²) < 4.78 is 13.5. The molecule has 0 bridgehead atoms. The fourth-order valence-corrected chi connectivity index (χ4v) is 1.78. The van der Waals surface area contributed by atoms with Crippen molar-refractivity contribution >= 4 is 23.1 Å². The van der Waals surface area contributed by atoms with Crippen LogP contribution in [0.3, 0.4) is 0 Å². The van der Waals surface area contributed by atoms with E-state index in [1.165, 1.54) is 24.4 Å². The Kier molecular flexibility index (Phi) is 3.58. The largest absolute Gasteiger partial charge is 0.397 e. The minimum atomic E-state index is -0.470. The number of hydrogen-bond donors (Lipinski definition) is 1. The summed E-state index contributed by atoms with van der Waals surface area (Å²) in [4.78, 5) is 15.8. The lowest BCUT2D eigenvalue weighted by Gasteiger charge is -2.05. The summed E-state index contributed by atoms with van der Waals surface area (Å²) in [7, 11) is 0. The van der Waals surface area contributed by atoms with Crippen molar-refractivity contribution in [2.45, 2.75) is 6.42 Å². The number of Topliss-reactive ketones (excluding diaryl/α,β-unsaturated/α-hetero) is 1. The van der Waals surface area contributed by atoms with Crippen LogP contribution in [-0.4, -0.2) is 10.8 Å². The molecule has 0 radical (unpaired) electrons. The Bertz CT molecular complexity index is 601. The number of ketones is 1. The third-order valence-corrected chi connectivity index (χ3v) is 2.70. The normalized spacial score (nSPS) is 10.3. The number of pyridine rings is 1. The number of rotatable bonds is 3. The van der Waals surface area contributed by atoms with Gasteiger partial charge in [-0.25, -0.2) is 4.39 Å². The summed E-state index contributed by atoms with van der Waals surface area (Å²) >= 11 is 5.76. The Labute approximate surface area is 108 Å². The van der Waals surface area contributed by atoms with E-state index in [1.807, 2.05) is 0 Å². The Morgan fingerprint density at radius 1 is 1.39 bits per heavy atom. The molecule has 0 aliphatic carbocycles. The lowest BCUT2D eigenvalue weighted by atomic mass is 10.1. The van der Waals surface area contributed by atoms with Gasteiger partial charge in [0.2, 0.25) is 0 Å². The molecule has 1 aromatic heterocycles. The minimum absolute atomic E-state index is 0.117. The van der Waals surface area contributed by atoms with Gasteiger partial charge in [-0.2, -0.15) is 0 Å². The van der Waals surface area contributed by atoms with Crippen LogP contribution >= 0.6 is 11.6 Å². The molecule has 0 atom stereocenters. The van der Waals surface area contributed by atoms with Gasteiger partial charge in [-0.05, 0) is 35.9 Å². The van der Waals surface area contributed by atoms with Gasteiger partial charge in [0, 0.05) is 17.6 Å². The van der Waals surface area contributed by atoms with E-state index in [4.69, 9.17) is 17.3 Å². The van der Waals surface area contributed by atoms with Gasteiger partial charge in [-0.15, -0.1) is 0 Å². The maximum absolute atomic E-state index is 13.5. The van der Waals surface area contributed by atoms with Crippen LogP contribution in [0, 0.1) is 5.82 Å². The van der Waals surface area contributed by atoms with Crippen molar-refractivity contribution in [3.05, 3.63) is 58.6 Å². The SMILES string of the molecule is Nc1cccnc1C(=O)Cc1cc(Cl)ccc1F. The third kappa shape index (κ3) is 2.65. The van der Waals surface area contributed by atoms with Crippen LogP contribution in [0.2, 0.25) is 5.02 Å². The zero-order chi connectivity index (χ0) is 13.1. The molecule has 0 fully saturated rings. The number of nitrogen functional groups attached to an aromatic ring is 1. The highest BCUT2D eigenvalue weighted by molar-refractivity contribution is 6.30. The van der Waals surface area contributed by atoms with E-state index in [0.717, 1.165) is 0 Å². The first-order valence-electron chi connectivity index (χ1n) is 5.25. The van der Waals surface area contributed by atoms with Crippen LogP contribution in [0.5, 0.6) is 0 Å². The second kappa shape index (κ2) is 5.14. The molecule has 0 aliphatic rings. The fraction of sp³-hybridized carbons (Fsp3) is 0.0769. The lowest BCUT2D eigenvalue weighted by molar-refractivity contribution is 0.0988. The van der Waals surface area contributed by atoms with E-state index in [2.05, 4.69) is 4.98 Å². The number of anilines is 1. The lowest BCUT2D eigenvalue weighted by Crippen LogP contribution is -2.10. The molecule has 0 saturated carbocycles. The van der Waals surface area contributed by atoms with E-state index in [0.29, 0.717) is 5.02 Å². The summed E-state index contributed by atoms with van der Waals surface area (Å²) in [6.07, 6.45) is 1.35. The molecule has 0 saturated heterocycles. The van der Waals surface area contributed by atoms with Crippen molar-refractivity contribution in [3.63, 3.8) is 0 Å². The maximum atomic E-state index is 13.5. The number of carbonyl (C=O) groups excluding carboxylic acids is 1.